The minimum atomic E-state index is -3.42. The van der Waals surface area contributed by atoms with Crippen molar-refractivity contribution in [3.8, 4) is 0 Å². The molecule has 4 nitrogen and oxygen atoms in total. The minimum Gasteiger partial charge on any atom is -0.378 e. The van der Waals surface area contributed by atoms with E-state index in [1.165, 1.54) is 0 Å². The van der Waals surface area contributed by atoms with E-state index in [9.17, 15) is 8.42 Å². The van der Waals surface area contributed by atoms with Gasteiger partial charge in [-0.25, -0.2) is 12.6 Å². The number of nitrogens with zero attached hydrogens (tertiary/aromatic N) is 1. The molecule has 2 unspecified atom stereocenters. The molecule has 0 N–H and O–H groups in total. The fourth-order valence-electron chi connectivity index (χ4n) is 3.70. The normalized spacial score (nSPS) is 20.1. The van der Waals surface area contributed by atoms with Crippen LogP contribution in [0.5, 0.6) is 0 Å². The fraction of sp³-hybridized carbons (Fsp3) is 0.600. The van der Waals surface area contributed by atoms with Crippen LogP contribution >= 0.6 is 0 Å². The topological polar surface area (TPSA) is 46.6 Å². The summed E-state index contributed by atoms with van der Waals surface area (Å²) in [6.07, 6.45) is 5.82. The van der Waals surface area contributed by atoms with Crippen molar-refractivity contribution in [3.05, 3.63) is 48.6 Å². The van der Waals surface area contributed by atoms with Gasteiger partial charge in [-0.1, -0.05) is 55.7 Å². The number of benzene rings is 1. The van der Waals surface area contributed by atoms with Crippen LogP contribution in [0.4, 0.5) is 0 Å². The molecule has 1 aliphatic heterocycles. The van der Waals surface area contributed by atoms with Gasteiger partial charge >= 0.3 is 0 Å². The Morgan fingerprint density at radius 3 is 2.65 bits per heavy atom. The molecule has 0 amide bonds. The van der Waals surface area contributed by atoms with E-state index in [1.54, 1.807) is 11.3 Å². The molecule has 26 heavy (non-hydrogen) atoms. The molecule has 2 rings (SSSR count). The maximum absolute atomic E-state index is 13.4. The van der Waals surface area contributed by atoms with Crippen LogP contribution in [-0.4, -0.2) is 44.5 Å². The second kappa shape index (κ2) is 9.72. The van der Waals surface area contributed by atoms with Crippen LogP contribution in [0.3, 0.4) is 0 Å². The molecule has 1 fully saturated rings. The molecule has 0 saturated carbocycles. The lowest BCUT2D eigenvalue weighted by Crippen LogP contribution is -2.47. The Hall–Kier alpha value is -1.11. The lowest BCUT2D eigenvalue weighted by Gasteiger charge is -2.32. The van der Waals surface area contributed by atoms with Crippen LogP contribution in [-0.2, 0) is 21.1 Å². The number of ether oxygens (including phenoxy) is 1. The average Bonchev–Trinajstić information content (AvgIpc) is 3.13. The van der Waals surface area contributed by atoms with Gasteiger partial charge in [-0.3, -0.25) is 0 Å². The first kappa shape index (κ1) is 21.2. The highest BCUT2D eigenvalue weighted by Gasteiger charge is 2.38. The molecule has 0 bridgehead atoms. The van der Waals surface area contributed by atoms with E-state index in [0.717, 1.165) is 25.0 Å². The third kappa shape index (κ3) is 5.45. The van der Waals surface area contributed by atoms with Crippen LogP contribution in [0.1, 0.15) is 38.2 Å². The molecule has 0 aromatic heterocycles. The molecule has 1 aromatic carbocycles. The van der Waals surface area contributed by atoms with E-state index < -0.39 is 15.3 Å². The molecule has 0 radical (unpaired) electrons. The minimum absolute atomic E-state index is 0.0214. The summed E-state index contributed by atoms with van der Waals surface area (Å²) in [5.41, 5.74) is 1.15. The molecule has 0 aliphatic carbocycles. The summed E-state index contributed by atoms with van der Waals surface area (Å²) < 4.78 is 34.1. The van der Waals surface area contributed by atoms with E-state index in [1.807, 2.05) is 50.2 Å². The standard InChI is InChI=1S/C20H32BNO3S/c1-5-10-17(2)20(15-19-13-9-14-25-19)26(23,24)22(4)21(3)16-18-11-7-6-8-12-18/h5-8,11-12,17,19-20H,1,9-10,13-16H2,2-4H3/t17-,19?,20?/m0/s1. The van der Waals surface area contributed by atoms with Gasteiger partial charge in [0.05, 0.1) is 11.4 Å². The van der Waals surface area contributed by atoms with Crippen molar-refractivity contribution >= 4 is 16.9 Å². The zero-order chi connectivity index (χ0) is 19.2. The molecule has 6 heteroatoms. The SMILES string of the molecule is C=CC[C@H](C)C(CC1CCCO1)S(=O)(=O)N(C)B(C)Cc1ccccc1. The second-order valence-electron chi connectivity index (χ2n) is 7.51. The molecular formula is C20H32BNO3S. The Bertz CT molecular complexity index is 659. The van der Waals surface area contributed by atoms with E-state index in [-0.39, 0.29) is 18.9 Å². The first-order valence-electron chi connectivity index (χ1n) is 9.59. The predicted molar refractivity (Wildman–Crippen MR) is 110 cm³/mol. The van der Waals surface area contributed by atoms with Gasteiger partial charge in [0.25, 0.3) is 0 Å². The Morgan fingerprint density at radius 2 is 2.08 bits per heavy atom. The second-order valence-corrected chi connectivity index (χ2v) is 9.72. The molecule has 1 aromatic rings. The van der Waals surface area contributed by atoms with Gasteiger partial charge in [0.15, 0.2) is 0 Å². The fourth-order valence-corrected chi connectivity index (χ4v) is 5.86. The number of rotatable bonds is 10. The van der Waals surface area contributed by atoms with Crippen LogP contribution in [0, 0.1) is 5.92 Å². The summed E-state index contributed by atoms with van der Waals surface area (Å²) in [6.45, 7) is 8.43. The quantitative estimate of drug-likeness (QED) is 0.460. The Kier molecular flexibility index (Phi) is 7.93. The summed E-state index contributed by atoms with van der Waals surface area (Å²) in [7, 11) is -1.71. The van der Waals surface area contributed by atoms with Crippen LogP contribution < -0.4 is 0 Å². The highest BCUT2D eigenvalue weighted by atomic mass is 32.2. The van der Waals surface area contributed by atoms with Crippen molar-refractivity contribution in [2.75, 3.05) is 13.7 Å². The molecule has 3 atom stereocenters. The lowest BCUT2D eigenvalue weighted by atomic mass is 9.60. The molecular weight excluding hydrogens is 345 g/mol. The van der Waals surface area contributed by atoms with Crippen molar-refractivity contribution in [2.24, 2.45) is 5.92 Å². The van der Waals surface area contributed by atoms with Crippen molar-refractivity contribution in [1.82, 2.24) is 4.22 Å². The Balaban J connectivity index is 2.15. The van der Waals surface area contributed by atoms with Gasteiger partial charge in [-0.2, -0.15) is 0 Å². The zero-order valence-electron chi connectivity index (χ0n) is 16.3. The summed E-state index contributed by atoms with van der Waals surface area (Å²) >= 11 is 0. The van der Waals surface area contributed by atoms with Gasteiger partial charge in [-0.15, -0.1) is 6.58 Å². The van der Waals surface area contributed by atoms with Gasteiger partial charge in [0, 0.05) is 6.61 Å². The molecule has 0 spiro atoms. The Labute approximate surface area is 159 Å². The van der Waals surface area contributed by atoms with Gasteiger partial charge in [-0.05, 0) is 45.0 Å². The highest BCUT2D eigenvalue weighted by Crippen LogP contribution is 2.29. The molecule has 144 valence electrons. The maximum atomic E-state index is 13.4. The van der Waals surface area contributed by atoms with Crippen LogP contribution in [0.25, 0.3) is 0 Å². The molecule has 1 heterocycles. The number of hydrogen-bond donors (Lipinski definition) is 0. The van der Waals surface area contributed by atoms with Crippen molar-refractivity contribution in [2.45, 2.75) is 57.1 Å². The van der Waals surface area contributed by atoms with Crippen LogP contribution in [0.15, 0.2) is 43.0 Å². The maximum Gasteiger partial charge on any atom is 0.242 e. The number of sulfonamides is 1. The summed E-state index contributed by atoms with van der Waals surface area (Å²) in [6, 6.07) is 10.0. The largest absolute Gasteiger partial charge is 0.378 e. The van der Waals surface area contributed by atoms with E-state index in [0.29, 0.717) is 19.2 Å². The number of allylic oxidation sites excluding steroid dienone is 1. The van der Waals surface area contributed by atoms with E-state index in [2.05, 4.69) is 6.58 Å². The molecule has 1 saturated heterocycles. The van der Waals surface area contributed by atoms with Gasteiger partial charge in [0.1, 0.15) is 0 Å². The monoisotopic (exact) mass is 377 g/mol. The smallest absolute Gasteiger partial charge is 0.242 e. The summed E-state index contributed by atoms with van der Waals surface area (Å²) in [4.78, 5) is 0. The third-order valence-electron chi connectivity index (χ3n) is 5.47. The van der Waals surface area contributed by atoms with Crippen molar-refractivity contribution in [1.29, 1.82) is 0 Å². The van der Waals surface area contributed by atoms with E-state index in [4.69, 9.17) is 4.74 Å². The first-order chi connectivity index (χ1) is 12.4. The predicted octanol–water partition coefficient (Wildman–Crippen LogP) is 3.80. The highest BCUT2D eigenvalue weighted by molar-refractivity contribution is 7.90. The number of hydrogen-bond acceptors (Lipinski definition) is 3. The van der Waals surface area contributed by atoms with Crippen molar-refractivity contribution < 1.29 is 13.2 Å². The summed E-state index contributed by atoms with van der Waals surface area (Å²) in [5, 5.41) is -0.438. The lowest BCUT2D eigenvalue weighted by molar-refractivity contribution is 0.0993. The van der Waals surface area contributed by atoms with Crippen molar-refractivity contribution in [3.63, 3.8) is 0 Å². The van der Waals surface area contributed by atoms with Crippen LogP contribution in [0.2, 0.25) is 6.82 Å². The summed E-state index contributed by atoms with van der Waals surface area (Å²) in [5.74, 6) is 0.0214. The van der Waals surface area contributed by atoms with Gasteiger partial charge in [0.2, 0.25) is 16.9 Å². The first-order valence-corrected chi connectivity index (χ1v) is 11.1. The zero-order valence-corrected chi connectivity index (χ0v) is 17.1. The third-order valence-corrected chi connectivity index (χ3v) is 8.06. The Morgan fingerprint density at radius 1 is 1.38 bits per heavy atom. The van der Waals surface area contributed by atoms with E-state index >= 15 is 0 Å². The average molecular weight is 377 g/mol. The van der Waals surface area contributed by atoms with Gasteiger partial charge < -0.3 is 4.74 Å². The molecule has 1 aliphatic rings.